The Morgan fingerprint density at radius 1 is 1.48 bits per heavy atom. The van der Waals surface area contributed by atoms with Crippen LogP contribution < -0.4 is 11.0 Å². The second-order valence-electron chi connectivity index (χ2n) is 4.53. The second kappa shape index (κ2) is 6.55. The third-order valence-electron chi connectivity index (χ3n) is 2.86. The van der Waals surface area contributed by atoms with Crippen molar-refractivity contribution in [3.8, 4) is 0 Å². The van der Waals surface area contributed by atoms with Gasteiger partial charge in [-0.1, -0.05) is 0 Å². The summed E-state index contributed by atoms with van der Waals surface area (Å²) in [5.74, 6) is -1.27. The van der Waals surface area contributed by atoms with Gasteiger partial charge in [-0.05, 0) is 18.2 Å². The molecule has 0 aromatic carbocycles. The van der Waals surface area contributed by atoms with Crippen molar-refractivity contribution < 1.29 is 22.4 Å². The first kappa shape index (κ1) is 16.6. The van der Waals surface area contributed by atoms with Gasteiger partial charge in [0, 0.05) is 19.7 Å². The average molecular weight is 330 g/mol. The molecule has 2 heterocycles. The highest BCUT2D eigenvalue weighted by molar-refractivity contribution is 5.91. The molecule has 0 fully saturated rings. The van der Waals surface area contributed by atoms with Crippen LogP contribution in [0, 0.1) is 0 Å². The van der Waals surface area contributed by atoms with Crippen LogP contribution in [0.15, 0.2) is 33.7 Å². The number of carbonyl (C=O) groups excluding carboxylic acids is 1. The van der Waals surface area contributed by atoms with Gasteiger partial charge in [0.2, 0.25) is 11.7 Å². The molecule has 7 nitrogen and oxygen atoms in total. The number of hydrogen-bond donors (Lipinski definition) is 1. The van der Waals surface area contributed by atoms with E-state index in [1.54, 1.807) is 12.1 Å². The molecule has 0 aliphatic carbocycles. The van der Waals surface area contributed by atoms with Crippen LogP contribution >= 0.6 is 0 Å². The van der Waals surface area contributed by atoms with Crippen LogP contribution in [0.2, 0.25) is 0 Å². The van der Waals surface area contributed by atoms with E-state index in [2.05, 4.69) is 10.4 Å². The molecule has 2 aromatic rings. The zero-order valence-electron chi connectivity index (χ0n) is 12.0. The van der Waals surface area contributed by atoms with E-state index < -0.39 is 23.6 Å². The number of nitrogens with zero attached hydrogens (tertiary/aromatic N) is 3. The minimum absolute atomic E-state index is 0.0461. The fourth-order valence-corrected chi connectivity index (χ4v) is 1.77. The van der Waals surface area contributed by atoms with Gasteiger partial charge in [-0.15, -0.1) is 5.10 Å². The average Bonchev–Trinajstić information content (AvgIpc) is 3.07. The molecule has 124 valence electrons. The summed E-state index contributed by atoms with van der Waals surface area (Å²) in [7, 11) is 0.985. The van der Waals surface area contributed by atoms with Crippen LogP contribution in [0.1, 0.15) is 11.6 Å². The molecule has 0 spiro atoms. The Labute approximate surface area is 128 Å². The first-order valence-corrected chi connectivity index (χ1v) is 6.49. The molecule has 2 rings (SSSR count). The Morgan fingerprint density at radius 3 is 2.78 bits per heavy atom. The highest BCUT2D eigenvalue weighted by Gasteiger charge is 2.37. The molecule has 2 aromatic heterocycles. The Bertz CT molecular complexity index is 757. The van der Waals surface area contributed by atoms with Crippen molar-refractivity contribution in [2.45, 2.75) is 12.7 Å². The lowest BCUT2D eigenvalue weighted by Crippen LogP contribution is -2.31. The molecule has 23 heavy (non-hydrogen) atoms. The zero-order chi connectivity index (χ0) is 17.0. The van der Waals surface area contributed by atoms with Gasteiger partial charge in [-0.2, -0.15) is 13.2 Å². The van der Waals surface area contributed by atoms with E-state index >= 15 is 0 Å². The van der Waals surface area contributed by atoms with Crippen LogP contribution in [0.3, 0.4) is 0 Å². The third kappa shape index (κ3) is 4.11. The van der Waals surface area contributed by atoms with E-state index in [-0.39, 0.29) is 13.1 Å². The maximum absolute atomic E-state index is 12.6. The van der Waals surface area contributed by atoms with E-state index in [1.165, 1.54) is 18.4 Å². The Hall–Kier alpha value is -2.78. The molecule has 0 radical (unpaired) electrons. The molecule has 0 atom stereocenters. The minimum Gasteiger partial charge on any atom is -0.465 e. The largest absolute Gasteiger partial charge is 0.465 e. The monoisotopic (exact) mass is 330 g/mol. The van der Waals surface area contributed by atoms with Crippen molar-refractivity contribution in [1.82, 2.24) is 19.7 Å². The topological polar surface area (TPSA) is 82.1 Å². The lowest BCUT2D eigenvalue weighted by Gasteiger charge is -2.02. The molecular weight excluding hydrogens is 317 g/mol. The fourth-order valence-electron chi connectivity index (χ4n) is 1.77. The quantitative estimate of drug-likeness (QED) is 0.830. The van der Waals surface area contributed by atoms with E-state index in [4.69, 9.17) is 4.42 Å². The van der Waals surface area contributed by atoms with Gasteiger partial charge >= 0.3 is 11.9 Å². The van der Waals surface area contributed by atoms with E-state index in [0.717, 1.165) is 7.05 Å². The number of nitrogens with one attached hydrogen (secondary N) is 1. The predicted octanol–water partition coefficient (Wildman–Crippen LogP) is 1.02. The summed E-state index contributed by atoms with van der Waals surface area (Å²) in [4.78, 5) is 23.1. The zero-order valence-corrected chi connectivity index (χ0v) is 12.0. The number of hydrogen-bond acceptors (Lipinski definition) is 4. The van der Waals surface area contributed by atoms with Crippen molar-refractivity contribution in [2.75, 3.05) is 6.54 Å². The van der Waals surface area contributed by atoms with Gasteiger partial charge in [0.05, 0.1) is 12.8 Å². The Kier molecular flexibility index (Phi) is 4.72. The second-order valence-corrected chi connectivity index (χ2v) is 4.53. The highest BCUT2D eigenvalue weighted by Crippen LogP contribution is 2.25. The summed E-state index contributed by atoms with van der Waals surface area (Å²) < 4.78 is 43.9. The molecule has 10 heteroatoms. The Balaban J connectivity index is 1.92. The van der Waals surface area contributed by atoms with Crippen molar-refractivity contribution >= 4 is 12.0 Å². The first-order chi connectivity index (χ1) is 10.8. The molecule has 0 saturated heterocycles. The number of alkyl halides is 3. The maximum atomic E-state index is 12.6. The Morgan fingerprint density at radius 2 is 2.22 bits per heavy atom. The number of halogens is 3. The summed E-state index contributed by atoms with van der Waals surface area (Å²) in [6.45, 7) is -0.224. The molecule has 0 aliphatic heterocycles. The van der Waals surface area contributed by atoms with Crippen LogP contribution in [0.5, 0.6) is 0 Å². The van der Waals surface area contributed by atoms with Crippen LogP contribution in [0.25, 0.3) is 6.08 Å². The third-order valence-corrected chi connectivity index (χ3v) is 2.86. The summed E-state index contributed by atoms with van der Waals surface area (Å²) in [5, 5.41) is 5.65. The number of rotatable bonds is 5. The smallest absolute Gasteiger partial charge is 0.451 e. The molecular formula is C13H13F3N4O3. The maximum Gasteiger partial charge on any atom is 0.451 e. The summed E-state index contributed by atoms with van der Waals surface area (Å²) in [6.07, 6.45) is -0.622. The number of furan rings is 1. The molecule has 0 aliphatic rings. The van der Waals surface area contributed by atoms with Gasteiger partial charge in [-0.3, -0.25) is 9.36 Å². The highest BCUT2D eigenvalue weighted by atomic mass is 19.4. The summed E-state index contributed by atoms with van der Waals surface area (Å²) >= 11 is 0. The van der Waals surface area contributed by atoms with E-state index in [0.29, 0.717) is 15.0 Å². The first-order valence-electron chi connectivity index (χ1n) is 6.49. The fraction of sp³-hybridized carbons (Fsp3) is 0.308. The number of carbonyl (C=O) groups is 1. The summed E-state index contributed by atoms with van der Waals surface area (Å²) in [5.41, 5.74) is -0.905. The van der Waals surface area contributed by atoms with E-state index in [1.807, 2.05) is 0 Å². The molecule has 1 amide bonds. The van der Waals surface area contributed by atoms with Gasteiger partial charge in [0.15, 0.2) is 0 Å². The SMILES string of the molecule is Cn1c(C(F)(F)F)nn(CCNC(=O)C=Cc2ccco2)c1=O. The van der Waals surface area contributed by atoms with Crippen LogP contribution in [-0.4, -0.2) is 26.8 Å². The summed E-state index contributed by atoms with van der Waals surface area (Å²) in [6, 6.07) is 3.30. The van der Waals surface area contributed by atoms with Gasteiger partial charge in [0.1, 0.15) is 5.76 Å². The van der Waals surface area contributed by atoms with E-state index in [9.17, 15) is 22.8 Å². The minimum atomic E-state index is -4.71. The number of aromatic nitrogens is 3. The van der Waals surface area contributed by atoms with Crippen molar-refractivity contribution in [1.29, 1.82) is 0 Å². The lowest BCUT2D eigenvalue weighted by molar-refractivity contribution is -0.147. The molecule has 1 N–H and O–H groups in total. The van der Waals surface area contributed by atoms with Crippen molar-refractivity contribution in [2.24, 2.45) is 7.05 Å². The molecule has 0 bridgehead atoms. The standard InChI is InChI=1S/C13H13F3N4O3/c1-19-11(13(14,15)16)18-20(12(19)22)7-6-17-10(21)5-4-9-3-2-8-23-9/h2-5,8H,6-7H2,1H3,(H,17,21). The van der Waals surface area contributed by atoms with Crippen molar-refractivity contribution in [3.05, 3.63) is 46.5 Å². The van der Waals surface area contributed by atoms with Crippen molar-refractivity contribution in [3.63, 3.8) is 0 Å². The van der Waals surface area contributed by atoms with Crippen LogP contribution in [-0.2, 0) is 24.6 Å². The lowest BCUT2D eigenvalue weighted by atomic mass is 10.4. The van der Waals surface area contributed by atoms with Crippen LogP contribution in [0.4, 0.5) is 13.2 Å². The number of amides is 1. The molecule has 0 unspecified atom stereocenters. The predicted molar refractivity (Wildman–Crippen MR) is 73.2 cm³/mol. The van der Waals surface area contributed by atoms with Gasteiger partial charge < -0.3 is 9.73 Å². The van der Waals surface area contributed by atoms with Gasteiger partial charge in [-0.25, -0.2) is 9.48 Å². The van der Waals surface area contributed by atoms with Gasteiger partial charge in [0.25, 0.3) is 0 Å². The molecule has 0 saturated carbocycles. The normalized spacial score (nSPS) is 12.0.